The fourth-order valence-electron chi connectivity index (χ4n) is 3.98. The van der Waals surface area contributed by atoms with Crippen molar-refractivity contribution >= 4 is 17.6 Å². The third-order valence-electron chi connectivity index (χ3n) is 5.70. The first-order chi connectivity index (χ1) is 14.2. The molecule has 2 aliphatic rings. The van der Waals surface area contributed by atoms with E-state index in [1.54, 1.807) is 7.11 Å². The molecule has 6 nitrogen and oxygen atoms in total. The summed E-state index contributed by atoms with van der Waals surface area (Å²) in [6.45, 7) is 4.12. The molecule has 2 unspecified atom stereocenters. The Balaban J connectivity index is 1.42. The molecule has 1 N–H and O–H groups in total. The van der Waals surface area contributed by atoms with Gasteiger partial charge < -0.3 is 24.4 Å². The van der Waals surface area contributed by atoms with Gasteiger partial charge in [0, 0.05) is 45.4 Å². The van der Waals surface area contributed by atoms with Crippen molar-refractivity contribution in [1.29, 1.82) is 0 Å². The summed E-state index contributed by atoms with van der Waals surface area (Å²) < 4.78 is 17.5. The minimum absolute atomic E-state index is 0.0817. The molecule has 2 aliphatic heterocycles. The number of hydrogen-bond donors (Lipinski definition) is 1. The molecule has 2 saturated heterocycles. The number of nitrogens with zero attached hydrogens (tertiary/aromatic N) is 2. The smallest absolute Gasteiger partial charge is 0.193 e. The van der Waals surface area contributed by atoms with E-state index in [9.17, 15) is 0 Å². The van der Waals surface area contributed by atoms with Gasteiger partial charge in [-0.15, -0.1) is 0 Å². The predicted octanol–water partition coefficient (Wildman–Crippen LogP) is 3.65. The Morgan fingerprint density at radius 1 is 1.31 bits per heavy atom. The van der Waals surface area contributed by atoms with Crippen LogP contribution in [0.15, 0.2) is 29.3 Å². The second kappa shape index (κ2) is 11.7. The highest BCUT2D eigenvalue weighted by molar-refractivity contribution is 6.30. The van der Waals surface area contributed by atoms with E-state index in [1.165, 1.54) is 12.8 Å². The van der Waals surface area contributed by atoms with Crippen molar-refractivity contribution in [2.45, 2.75) is 50.4 Å². The summed E-state index contributed by atoms with van der Waals surface area (Å²) in [6.07, 6.45) is 6.10. The van der Waals surface area contributed by atoms with E-state index in [1.807, 2.05) is 31.3 Å². The first-order valence-electron chi connectivity index (χ1n) is 10.7. The van der Waals surface area contributed by atoms with Gasteiger partial charge in [0.25, 0.3) is 0 Å². The molecule has 0 radical (unpaired) electrons. The lowest BCUT2D eigenvalue weighted by Gasteiger charge is -2.35. The Kier molecular flexibility index (Phi) is 9.05. The minimum Gasteiger partial charge on any atom is -0.376 e. The highest BCUT2D eigenvalue weighted by Gasteiger charge is 2.24. The zero-order chi connectivity index (χ0) is 20.5. The summed E-state index contributed by atoms with van der Waals surface area (Å²) in [7, 11) is 3.54. The normalized spacial score (nSPS) is 22.5. The summed E-state index contributed by atoms with van der Waals surface area (Å²) >= 11 is 6.12. The van der Waals surface area contributed by atoms with Gasteiger partial charge in [-0.2, -0.15) is 0 Å². The highest BCUT2D eigenvalue weighted by Crippen LogP contribution is 2.21. The molecule has 7 heteroatoms. The molecule has 29 heavy (non-hydrogen) atoms. The zero-order valence-corrected chi connectivity index (χ0v) is 18.4. The van der Waals surface area contributed by atoms with Crippen LogP contribution in [-0.2, 0) is 14.2 Å². The van der Waals surface area contributed by atoms with Crippen molar-refractivity contribution in [2.75, 3.05) is 47.0 Å². The van der Waals surface area contributed by atoms with E-state index in [-0.39, 0.29) is 12.2 Å². The fourth-order valence-corrected chi connectivity index (χ4v) is 4.18. The van der Waals surface area contributed by atoms with Crippen molar-refractivity contribution in [2.24, 2.45) is 4.99 Å². The molecule has 1 aromatic carbocycles. The van der Waals surface area contributed by atoms with Crippen LogP contribution in [0.2, 0.25) is 5.02 Å². The van der Waals surface area contributed by atoms with Crippen LogP contribution in [0.5, 0.6) is 0 Å². The van der Waals surface area contributed by atoms with E-state index in [0.717, 1.165) is 62.1 Å². The Hall–Kier alpha value is -1.34. The summed E-state index contributed by atoms with van der Waals surface area (Å²) in [4.78, 5) is 6.76. The summed E-state index contributed by atoms with van der Waals surface area (Å²) in [5.74, 6) is 0.906. The van der Waals surface area contributed by atoms with E-state index < -0.39 is 0 Å². The number of aliphatic imine (C=N–C) groups is 1. The molecule has 0 saturated carbocycles. The molecule has 3 rings (SSSR count). The maximum absolute atomic E-state index is 6.12. The average molecular weight is 424 g/mol. The Bertz CT molecular complexity index is 644. The number of methoxy groups -OCH3 is 1. The summed E-state index contributed by atoms with van der Waals surface area (Å²) in [5, 5.41) is 4.17. The molecule has 162 valence electrons. The first kappa shape index (κ1) is 22.3. The first-order valence-corrected chi connectivity index (χ1v) is 11.0. The van der Waals surface area contributed by atoms with Gasteiger partial charge in [0.2, 0.25) is 0 Å². The van der Waals surface area contributed by atoms with Crippen molar-refractivity contribution in [3.05, 3.63) is 34.9 Å². The average Bonchev–Trinajstić information content (AvgIpc) is 2.77. The standard InChI is InChI=1S/C22H34ClN3O3/c1-24-22(25-15-21(27-2)17-6-5-7-18(23)14-17)26-11-9-19(10-12-26)29-16-20-8-3-4-13-28-20/h5-7,14,19-21H,3-4,8-13,15-16H2,1-2H3,(H,24,25). The lowest BCUT2D eigenvalue weighted by molar-refractivity contribution is -0.0721. The number of piperidine rings is 1. The van der Waals surface area contributed by atoms with Crippen LogP contribution in [0.25, 0.3) is 0 Å². The topological polar surface area (TPSA) is 55.3 Å². The lowest BCUT2D eigenvalue weighted by atomic mass is 10.1. The highest BCUT2D eigenvalue weighted by atomic mass is 35.5. The maximum atomic E-state index is 6.12. The quantitative estimate of drug-likeness (QED) is 0.535. The largest absolute Gasteiger partial charge is 0.376 e. The molecule has 1 aromatic rings. The Morgan fingerprint density at radius 3 is 2.79 bits per heavy atom. The van der Waals surface area contributed by atoms with Crippen LogP contribution in [0.3, 0.4) is 0 Å². The molecule has 2 atom stereocenters. The van der Waals surface area contributed by atoms with Crippen LogP contribution in [0.1, 0.15) is 43.8 Å². The van der Waals surface area contributed by atoms with Gasteiger partial charge in [-0.05, 0) is 49.8 Å². The number of likely N-dealkylation sites (tertiary alicyclic amines) is 1. The Morgan fingerprint density at radius 2 is 2.14 bits per heavy atom. The van der Waals surface area contributed by atoms with E-state index >= 15 is 0 Å². The molecule has 0 bridgehead atoms. The van der Waals surface area contributed by atoms with Gasteiger partial charge in [-0.1, -0.05) is 23.7 Å². The SMILES string of the molecule is CN=C(NCC(OC)c1cccc(Cl)c1)N1CCC(OCC2CCCCO2)CC1. The molecule has 0 spiro atoms. The minimum atomic E-state index is -0.0817. The lowest BCUT2D eigenvalue weighted by Crippen LogP contribution is -2.48. The van der Waals surface area contributed by atoms with Crippen LogP contribution < -0.4 is 5.32 Å². The molecular weight excluding hydrogens is 390 g/mol. The third kappa shape index (κ3) is 6.85. The van der Waals surface area contributed by atoms with Gasteiger partial charge >= 0.3 is 0 Å². The molecule has 2 fully saturated rings. The van der Waals surface area contributed by atoms with Crippen LogP contribution in [-0.4, -0.2) is 70.1 Å². The second-order valence-corrected chi connectivity index (χ2v) is 8.15. The fraction of sp³-hybridized carbons (Fsp3) is 0.682. The van der Waals surface area contributed by atoms with Crippen molar-refractivity contribution in [3.63, 3.8) is 0 Å². The number of guanidine groups is 1. The zero-order valence-electron chi connectivity index (χ0n) is 17.6. The number of halogens is 1. The molecule has 0 aromatic heterocycles. The van der Waals surface area contributed by atoms with Gasteiger partial charge in [-0.3, -0.25) is 4.99 Å². The number of rotatable bonds is 7. The number of benzene rings is 1. The predicted molar refractivity (Wildman–Crippen MR) is 117 cm³/mol. The number of ether oxygens (including phenoxy) is 3. The Labute approximate surface area is 179 Å². The second-order valence-electron chi connectivity index (χ2n) is 7.72. The summed E-state index contributed by atoms with van der Waals surface area (Å²) in [6, 6.07) is 7.79. The molecule has 0 aliphatic carbocycles. The monoisotopic (exact) mass is 423 g/mol. The van der Waals surface area contributed by atoms with Crippen molar-refractivity contribution < 1.29 is 14.2 Å². The van der Waals surface area contributed by atoms with Gasteiger partial charge in [0.05, 0.1) is 24.9 Å². The van der Waals surface area contributed by atoms with Crippen molar-refractivity contribution in [1.82, 2.24) is 10.2 Å². The van der Waals surface area contributed by atoms with Gasteiger partial charge in [0.15, 0.2) is 5.96 Å². The number of nitrogens with one attached hydrogen (secondary N) is 1. The molecule has 0 amide bonds. The number of hydrogen-bond acceptors (Lipinski definition) is 4. The molecular formula is C22H34ClN3O3. The van der Waals surface area contributed by atoms with Gasteiger partial charge in [0.1, 0.15) is 0 Å². The van der Waals surface area contributed by atoms with E-state index in [0.29, 0.717) is 12.6 Å². The summed E-state index contributed by atoms with van der Waals surface area (Å²) in [5.41, 5.74) is 1.06. The van der Waals surface area contributed by atoms with Crippen LogP contribution in [0.4, 0.5) is 0 Å². The van der Waals surface area contributed by atoms with E-state index in [2.05, 4.69) is 15.2 Å². The van der Waals surface area contributed by atoms with Crippen LogP contribution in [0, 0.1) is 0 Å². The third-order valence-corrected chi connectivity index (χ3v) is 5.93. The van der Waals surface area contributed by atoms with Crippen LogP contribution >= 0.6 is 11.6 Å². The van der Waals surface area contributed by atoms with E-state index in [4.69, 9.17) is 25.8 Å². The van der Waals surface area contributed by atoms with Gasteiger partial charge in [-0.25, -0.2) is 0 Å². The molecule has 2 heterocycles. The maximum Gasteiger partial charge on any atom is 0.193 e. The van der Waals surface area contributed by atoms with Crippen molar-refractivity contribution in [3.8, 4) is 0 Å².